The van der Waals surface area contributed by atoms with Crippen LogP contribution in [-0.4, -0.2) is 32.6 Å². The number of thiophene rings is 1. The third kappa shape index (κ3) is 4.25. The van der Waals surface area contributed by atoms with Crippen molar-refractivity contribution in [2.75, 3.05) is 17.2 Å². The molecule has 0 saturated heterocycles. The molecule has 3 aromatic heterocycles. The maximum absolute atomic E-state index is 12.2. The van der Waals surface area contributed by atoms with Gasteiger partial charge in [-0.3, -0.25) is 4.79 Å². The van der Waals surface area contributed by atoms with Gasteiger partial charge in [-0.15, -0.1) is 21.5 Å². The summed E-state index contributed by atoms with van der Waals surface area (Å²) in [6, 6.07) is 10.2. The van der Waals surface area contributed by atoms with Crippen LogP contribution in [0.3, 0.4) is 0 Å². The molecule has 3 heterocycles. The summed E-state index contributed by atoms with van der Waals surface area (Å²) in [5.41, 5.74) is 2.27. The molecule has 0 aliphatic heterocycles. The molecular weight excluding hydrogens is 404 g/mol. The van der Waals surface area contributed by atoms with Gasteiger partial charge in [0.25, 0.3) is 0 Å². The molecule has 0 aliphatic carbocycles. The molecule has 0 unspecified atom stereocenters. The van der Waals surface area contributed by atoms with Gasteiger partial charge in [-0.2, -0.15) is 0 Å². The van der Waals surface area contributed by atoms with Gasteiger partial charge in [0.2, 0.25) is 11.0 Å². The Labute approximate surface area is 176 Å². The largest absolute Gasteiger partial charge is 0.369 e. The Morgan fingerprint density at radius 1 is 1.10 bits per heavy atom. The van der Waals surface area contributed by atoms with Gasteiger partial charge in [0.15, 0.2) is 0 Å². The van der Waals surface area contributed by atoms with E-state index in [1.54, 1.807) is 17.7 Å². The fourth-order valence-corrected chi connectivity index (χ4v) is 4.76. The predicted molar refractivity (Wildman–Crippen MR) is 119 cm³/mol. The molecule has 0 aliphatic rings. The summed E-state index contributed by atoms with van der Waals surface area (Å²) in [7, 11) is 0. The summed E-state index contributed by atoms with van der Waals surface area (Å²) in [5.74, 6) is 0.640. The first kappa shape index (κ1) is 19.4. The summed E-state index contributed by atoms with van der Waals surface area (Å²) in [4.78, 5) is 23.2. The molecule has 1 amide bonds. The second kappa shape index (κ2) is 8.62. The van der Waals surface area contributed by atoms with E-state index in [1.165, 1.54) is 16.2 Å². The highest BCUT2D eigenvalue weighted by Gasteiger charge is 2.16. The Hall–Kier alpha value is -2.91. The van der Waals surface area contributed by atoms with E-state index in [4.69, 9.17) is 0 Å². The van der Waals surface area contributed by atoms with Crippen LogP contribution in [0.4, 0.5) is 10.9 Å². The molecular formula is C20H20N6OS2. The lowest BCUT2D eigenvalue weighted by atomic mass is 10.0. The molecule has 0 bridgehead atoms. The molecule has 1 aromatic carbocycles. The molecule has 0 saturated carbocycles. The zero-order chi connectivity index (χ0) is 20.2. The van der Waals surface area contributed by atoms with Crippen LogP contribution in [-0.2, 0) is 11.2 Å². The number of benzene rings is 1. The summed E-state index contributed by atoms with van der Waals surface area (Å²) < 4.78 is 0. The van der Waals surface area contributed by atoms with Gasteiger partial charge >= 0.3 is 0 Å². The second-order valence-electron chi connectivity index (χ2n) is 6.38. The topological polar surface area (TPSA) is 92.7 Å². The van der Waals surface area contributed by atoms with Crippen molar-refractivity contribution in [3.05, 3.63) is 46.5 Å². The zero-order valence-corrected chi connectivity index (χ0v) is 17.7. The molecule has 0 spiro atoms. The van der Waals surface area contributed by atoms with Gasteiger partial charge in [-0.1, -0.05) is 48.6 Å². The average Bonchev–Trinajstić information content (AvgIpc) is 3.32. The van der Waals surface area contributed by atoms with Crippen molar-refractivity contribution < 1.29 is 4.79 Å². The highest BCUT2D eigenvalue weighted by atomic mass is 32.1. The van der Waals surface area contributed by atoms with Gasteiger partial charge in [0, 0.05) is 23.4 Å². The van der Waals surface area contributed by atoms with Gasteiger partial charge in [-0.25, -0.2) is 9.97 Å². The van der Waals surface area contributed by atoms with E-state index in [-0.39, 0.29) is 5.91 Å². The minimum absolute atomic E-state index is 0.105. The van der Waals surface area contributed by atoms with E-state index in [2.05, 4.69) is 49.9 Å². The van der Waals surface area contributed by atoms with E-state index in [9.17, 15) is 4.79 Å². The molecule has 4 rings (SSSR count). The molecule has 0 atom stereocenters. The number of rotatable bonds is 7. The van der Waals surface area contributed by atoms with Crippen LogP contribution in [0.2, 0.25) is 0 Å². The molecule has 4 aromatic rings. The number of fused-ring (bicyclic) bond motifs is 1. The Balaban J connectivity index is 1.49. The lowest BCUT2D eigenvalue weighted by Gasteiger charge is -2.09. The predicted octanol–water partition coefficient (Wildman–Crippen LogP) is 4.52. The zero-order valence-electron chi connectivity index (χ0n) is 16.1. The van der Waals surface area contributed by atoms with Crippen molar-refractivity contribution in [2.45, 2.75) is 26.7 Å². The van der Waals surface area contributed by atoms with Crippen LogP contribution < -0.4 is 10.6 Å². The van der Waals surface area contributed by atoms with E-state index in [0.29, 0.717) is 18.1 Å². The number of aryl methyl sites for hydroxylation is 2. The Morgan fingerprint density at radius 3 is 2.69 bits per heavy atom. The quantitative estimate of drug-likeness (QED) is 0.453. The van der Waals surface area contributed by atoms with Crippen molar-refractivity contribution in [2.24, 2.45) is 0 Å². The highest BCUT2D eigenvalue weighted by Crippen LogP contribution is 2.40. The van der Waals surface area contributed by atoms with Gasteiger partial charge < -0.3 is 10.6 Å². The third-order valence-corrected chi connectivity index (χ3v) is 6.38. The number of hydrogen-bond donors (Lipinski definition) is 2. The molecule has 29 heavy (non-hydrogen) atoms. The molecule has 0 radical (unpaired) electrons. The monoisotopic (exact) mass is 424 g/mol. The Bertz CT molecular complexity index is 1140. The number of aromatic nitrogens is 4. The number of nitrogens with zero attached hydrogens (tertiary/aromatic N) is 4. The Morgan fingerprint density at radius 2 is 1.93 bits per heavy atom. The highest BCUT2D eigenvalue weighted by molar-refractivity contribution is 7.19. The fourth-order valence-electron chi connectivity index (χ4n) is 3.05. The normalized spacial score (nSPS) is 11.0. The van der Waals surface area contributed by atoms with Crippen molar-refractivity contribution in [1.82, 2.24) is 20.2 Å². The standard InChI is InChI=1S/C20H20N6OS2/c1-3-15-25-26-20(29-15)24-14(27)9-10-21-18-17-16(13-7-5-4-6-8-13)12(2)28-19(17)23-11-22-18/h4-8,11H,3,9-10H2,1-2H3,(H,21,22,23)(H,24,26,27). The third-order valence-electron chi connectivity index (χ3n) is 4.39. The number of hydrogen-bond acceptors (Lipinski definition) is 8. The SMILES string of the molecule is CCc1nnc(NC(=O)CCNc2ncnc3sc(C)c(-c4ccccc4)c23)s1. The maximum Gasteiger partial charge on any atom is 0.227 e. The minimum Gasteiger partial charge on any atom is -0.369 e. The van der Waals surface area contributed by atoms with Crippen LogP contribution in [0, 0.1) is 6.92 Å². The molecule has 0 fully saturated rings. The van der Waals surface area contributed by atoms with E-state index in [0.717, 1.165) is 38.6 Å². The molecule has 7 nitrogen and oxygen atoms in total. The summed E-state index contributed by atoms with van der Waals surface area (Å²) in [6.45, 7) is 4.56. The second-order valence-corrected chi connectivity index (χ2v) is 8.65. The van der Waals surface area contributed by atoms with Crippen LogP contribution >= 0.6 is 22.7 Å². The van der Waals surface area contributed by atoms with Gasteiger partial charge in [-0.05, 0) is 18.9 Å². The number of anilines is 2. The van der Waals surface area contributed by atoms with Crippen LogP contribution in [0.15, 0.2) is 36.7 Å². The number of carbonyl (C=O) groups excluding carboxylic acids is 1. The Kier molecular flexibility index (Phi) is 5.77. The summed E-state index contributed by atoms with van der Waals surface area (Å²) >= 11 is 3.05. The maximum atomic E-state index is 12.2. The average molecular weight is 425 g/mol. The van der Waals surface area contributed by atoms with Crippen molar-refractivity contribution in [3.8, 4) is 11.1 Å². The van der Waals surface area contributed by atoms with E-state index in [1.807, 2.05) is 25.1 Å². The van der Waals surface area contributed by atoms with Crippen LogP contribution in [0.5, 0.6) is 0 Å². The van der Waals surface area contributed by atoms with E-state index >= 15 is 0 Å². The number of nitrogens with one attached hydrogen (secondary N) is 2. The van der Waals surface area contributed by atoms with Gasteiger partial charge in [0.05, 0.1) is 5.39 Å². The first-order valence-electron chi connectivity index (χ1n) is 9.31. The van der Waals surface area contributed by atoms with Crippen molar-refractivity contribution in [3.63, 3.8) is 0 Å². The summed E-state index contributed by atoms with van der Waals surface area (Å²) in [6.07, 6.45) is 2.67. The minimum atomic E-state index is -0.105. The van der Waals surface area contributed by atoms with Gasteiger partial charge in [0.1, 0.15) is 22.0 Å². The van der Waals surface area contributed by atoms with E-state index < -0.39 is 0 Å². The lowest BCUT2D eigenvalue weighted by Crippen LogP contribution is -2.16. The lowest BCUT2D eigenvalue weighted by molar-refractivity contribution is -0.115. The fraction of sp³-hybridized carbons (Fsp3) is 0.250. The van der Waals surface area contributed by atoms with Crippen molar-refractivity contribution >= 4 is 49.7 Å². The summed E-state index contributed by atoms with van der Waals surface area (Å²) in [5, 5.41) is 16.5. The number of carbonyl (C=O) groups is 1. The van der Waals surface area contributed by atoms with Crippen molar-refractivity contribution in [1.29, 1.82) is 0 Å². The van der Waals surface area contributed by atoms with Crippen LogP contribution in [0.25, 0.3) is 21.3 Å². The first-order chi connectivity index (χ1) is 14.2. The van der Waals surface area contributed by atoms with Crippen LogP contribution in [0.1, 0.15) is 23.2 Å². The number of amides is 1. The smallest absolute Gasteiger partial charge is 0.227 e. The first-order valence-corrected chi connectivity index (χ1v) is 10.9. The molecule has 9 heteroatoms. The molecule has 2 N–H and O–H groups in total. The molecule has 148 valence electrons.